The topological polar surface area (TPSA) is 47.6 Å². The minimum Gasteiger partial charge on any atom is -0.493 e. The molecule has 0 bridgehead atoms. The van der Waals surface area contributed by atoms with Crippen molar-refractivity contribution < 1.29 is 23.0 Å². The first-order valence-corrected chi connectivity index (χ1v) is 5.97. The summed E-state index contributed by atoms with van der Waals surface area (Å²) >= 11 is 0. The van der Waals surface area contributed by atoms with E-state index in [1.165, 1.54) is 13.2 Å². The molecule has 1 rings (SSSR count). The Kier molecular flexibility index (Phi) is 6.21. The second-order valence-corrected chi connectivity index (χ2v) is 3.85. The zero-order valence-electron chi connectivity index (χ0n) is 10.9. The molecule has 0 aromatic heterocycles. The van der Waals surface area contributed by atoms with Gasteiger partial charge in [0, 0.05) is 12.5 Å². The van der Waals surface area contributed by atoms with Gasteiger partial charge >= 0.3 is 5.97 Å². The number of methoxy groups -OCH3 is 1. The zero-order chi connectivity index (χ0) is 14.3. The molecule has 1 aromatic carbocycles. The SMILES string of the molecule is CCNC(CCOc1ccc(F)c(F)c1)C(=O)OC. The number of rotatable bonds is 7. The van der Waals surface area contributed by atoms with Crippen LogP contribution in [0.15, 0.2) is 18.2 Å². The molecular formula is C13H17F2NO3. The molecule has 0 amide bonds. The van der Waals surface area contributed by atoms with E-state index in [9.17, 15) is 13.6 Å². The van der Waals surface area contributed by atoms with Crippen molar-refractivity contribution in [2.24, 2.45) is 0 Å². The number of carbonyl (C=O) groups excluding carboxylic acids is 1. The molecule has 106 valence electrons. The van der Waals surface area contributed by atoms with E-state index in [-0.39, 0.29) is 18.3 Å². The predicted molar refractivity (Wildman–Crippen MR) is 66.0 cm³/mol. The molecule has 6 heteroatoms. The Balaban J connectivity index is 2.47. The monoisotopic (exact) mass is 273 g/mol. The molecule has 1 aromatic rings. The van der Waals surface area contributed by atoms with E-state index in [0.717, 1.165) is 12.1 Å². The van der Waals surface area contributed by atoms with Crippen LogP contribution in [0.3, 0.4) is 0 Å². The van der Waals surface area contributed by atoms with Gasteiger partial charge in [-0.25, -0.2) is 8.78 Å². The van der Waals surface area contributed by atoms with E-state index in [4.69, 9.17) is 4.74 Å². The van der Waals surface area contributed by atoms with Crippen LogP contribution in [0.5, 0.6) is 5.75 Å². The predicted octanol–water partition coefficient (Wildman–Crippen LogP) is 1.88. The number of hydrogen-bond donors (Lipinski definition) is 1. The summed E-state index contributed by atoms with van der Waals surface area (Å²) in [6.45, 7) is 2.68. The molecule has 1 atom stereocenters. The molecule has 4 nitrogen and oxygen atoms in total. The number of likely N-dealkylation sites (N-methyl/N-ethyl adjacent to an activating group) is 1. The van der Waals surface area contributed by atoms with Crippen LogP contribution < -0.4 is 10.1 Å². The summed E-state index contributed by atoms with van der Waals surface area (Å²) in [5.41, 5.74) is 0. The quantitative estimate of drug-likeness (QED) is 0.771. The van der Waals surface area contributed by atoms with E-state index >= 15 is 0 Å². The molecule has 0 saturated heterocycles. The number of esters is 1. The Morgan fingerprint density at radius 2 is 2.11 bits per heavy atom. The number of carbonyl (C=O) groups is 1. The highest BCUT2D eigenvalue weighted by Crippen LogP contribution is 2.15. The van der Waals surface area contributed by atoms with Crippen LogP contribution in [0.4, 0.5) is 8.78 Å². The lowest BCUT2D eigenvalue weighted by Crippen LogP contribution is -2.38. The average molecular weight is 273 g/mol. The smallest absolute Gasteiger partial charge is 0.322 e. The normalized spacial score (nSPS) is 12.0. The van der Waals surface area contributed by atoms with Crippen molar-refractivity contribution in [1.29, 1.82) is 0 Å². The standard InChI is InChI=1S/C13H17F2NO3/c1-3-16-12(13(17)18-2)6-7-19-9-4-5-10(14)11(15)8-9/h4-5,8,12,16H,3,6-7H2,1-2H3. The number of halogens is 2. The summed E-state index contributed by atoms with van der Waals surface area (Å²) in [5, 5.41) is 2.95. The third kappa shape index (κ3) is 4.82. The molecule has 1 N–H and O–H groups in total. The van der Waals surface area contributed by atoms with Crippen LogP contribution in [-0.4, -0.2) is 32.3 Å². The van der Waals surface area contributed by atoms with Gasteiger partial charge in [-0.15, -0.1) is 0 Å². The molecule has 0 spiro atoms. The number of benzene rings is 1. The summed E-state index contributed by atoms with van der Waals surface area (Å²) in [5.74, 6) is -2.05. The van der Waals surface area contributed by atoms with Gasteiger partial charge in [0.1, 0.15) is 11.8 Å². The van der Waals surface area contributed by atoms with Crippen molar-refractivity contribution in [2.45, 2.75) is 19.4 Å². The molecular weight excluding hydrogens is 256 g/mol. The molecule has 0 aliphatic rings. The lowest BCUT2D eigenvalue weighted by molar-refractivity contribution is -0.143. The first-order valence-electron chi connectivity index (χ1n) is 5.97. The highest BCUT2D eigenvalue weighted by molar-refractivity contribution is 5.75. The minimum atomic E-state index is -0.964. The molecule has 0 aliphatic heterocycles. The van der Waals surface area contributed by atoms with Crippen molar-refractivity contribution >= 4 is 5.97 Å². The maximum absolute atomic E-state index is 12.9. The Morgan fingerprint density at radius 3 is 2.68 bits per heavy atom. The van der Waals surface area contributed by atoms with Gasteiger partial charge in [0.05, 0.1) is 13.7 Å². The Bertz CT molecular complexity index is 426. The lowest BCUT2D eigenvalue weighted by atomic mass is 10.2. The fraction of sp³-hybridized carbons (Fsp3) is 0.462. The van der Waals surface area contributed by atoms with Gasteiger partial charge in [0.2, 0.25) is 0 Å². The molecule has 0 fully saturated rings. The molecule has 1 unspecified atom stereocenters. The number of ether oxygens (including phenoxy) is 2. The van der Waals surface area contributed by atoms with Crippen LogP contribution in [0.2, 0.25) is 0 Å². The Hall–Kier alpha value is -1.69. The summed E-state index contributed by atoms with van der Waals surface area (Å²) in [7, 11) is 1.31. The Morgan fingerprint density at radius 1 is 1.37 bits per heavy atom. The highest BCUT2D eigenvalue weighted by atomic mass is 19.2. The maximum Gasteiger partial charge on any atom is 0.322 e. The summed E-state index contributed by atoms with van der Waals surface area (Å²) in [4.78, 5) is 11.4. The molecule has 0 heterocycles. The van der Waals surface area contributed by atoms with E-state index in [1.54, 1.807) is 0 Å². The van der Waals surface area contributed by atoms with Crippen molar-refractivity contribution in [1.82, 2.24) is 5.32 Å². The second-order valence-electron chi connectivity index (χ2n) is 3.85. The minimum absolute atomic E-state index is 0.192. The lowest BCUT2D eigenvalue weighted by Gasteiger charge is -2.15. The maximum atomic E-state index is 12.9. The first kappa shape index (κ1) is 15.4. The fourth-order valence-corrected chi connectivity index (χ4v) is 1.55. The van der Waals surface area contributed by atoms with E-state index in [1.807, 2.05) is 6.92 Å². The zero-order valence-corrected chi connectivity index (χ0v) is 10.9. The van der Waals surface area contributed by atoms with Crippen molar-refractivity contribution in [3.63, 3.8) is 0 Å². The van der Waals surface area contributed by atoms with Crippen molar-refractivity contribution in [3.8, 4) is 5.75 Å². The van der Waals surface area contributed by atoms with Gasteiger partial charge in [-0.1, -0.05) is 6.92 Å². The van der Waals surface area contributed by atoms with Gasteiger partial charge in [0.15, 0.2) is 11.6 Å². The Labute approximate surface area is 110 Å². The van der Waals surface area contributed by atoms with Crippen LogP contribution >= 0.6 is 0 Å². The van der Waals surface area contributed by atoms with Gasteiger partial charge in [0.25, 0.3) is 0 Å². The van der Waals surface area contributed by atoms with Gasteiger partial charge in [-0.3, -0.25) is 4.79 Å². The van der Waals surface area contributed by atoms with Crippen LogP contribution in [0.1, 0.15) is 13.3 Å². The van der Waals surface area contributed by atoms with Crippen LogP contribution in [0.25, 0.3) is 0 Å². The van der Waals surface area contributed by atoms with Crippen LogP contribution in [0, 0.1) is 11.6 Å². The molecule has 19 heavy (non-hydrogen) atoms. The first-order chi connectivity index (χ1) is 9.08. The molecule has 0 aliphatic carbocycles. The largest absolute Gasteiger partial charge is 0.493 e. The summed E-state index contributed by atoms with van der Waals surface area (Å²) in [6.07, 6.45) is 0.375. The summed E-state index contributed by atoms with van der Waals surface area (Å²) < 4.78 is 35.5. The fourth-order valence-electron chi connectivity index (χ4n) is 1.55. The third-order valence-corrected chi connectivity index (χ3v) is 2.50. The molecule has 0 radical (unpaired) electrons. The van der Waals surface area contributed by atoms with Gasteiger partial charge in [-0.2, -0.15) is 0 Å². The third-order valence-electron chi connectivity index (χ3n) is 2.50. The van der Waals surface area contributed by atoms with E-state index < -0.39 is 17.7 Å². The molecule has 0 saturated carbocycles. The van der Waals surface area contributed by atoms with Crippen molar-refractivity contribution in [3.05, 3.63) is 29.8 Å². The van der Waals surface area contributed by atoms with Gasteiger partial charge < -0.3 is 14.8 Å². The number of hydrogen-bond acceptors (Lipinski definition) is 4. The van der Waals surface area contributed by atoms with Gasteiger partial charge in [-0.05, 0) is 18.7 Å². The second kappa shape index (κ2) is 7.68. The highest BCUT2D eigenvalue weighted by Gasteiger charge is 2.17. The van der Waals surface area contributed by atoms with E-state index in [2.05, 4.69) is 10.1 Å². The van der Waals surface area contributed by atoms with E-state index in [0.29, 0.717) is 13.0 Å². The average Bonchev–Trinajstić information content (AvgIpc) is 2.41. The summed E-state index contributed by atoms with van der Waals surface area (Å²) in [6, 6.07) is 2.82. The van der Waals surface area contributed by atoms with Crippen LogP contribution in [-0.2, 0) is 9.53 Å². The van der Waals surface area contributed by atoms with Crippen molar-refractivity contribution in [2.75, 3.05) is 20.3 Å². The number of nitrogens with one attached hydrogen (secondary N) is 1.